The Morgan fingerprint density at radius 2 is 1.73 bits per heavy atom. The van der Waals surface area contributed by atoms with E-state index in [-0.39, 0.29) is 17.9 Å². The van der Waals surface area contributed by atoms with Gasteiger partial charge >= 0.3 is 0 Å². The Morgan fingerprint density at radius 1 is 1.00 bits per heavy atom. The van der Waals surface area contributed by atoms with E-state index in [1.54, 1.807) is 0 Å². The molecule has 0 fully saturated rings. The lowest BCUT2D eigenvalue weighted by Crippen LogP contribution is -2.20. The van der Waals surface area contributed by atoms with Crippen LogP contribution in [0.5, 0.6) is 11.5 Å². The predicted octanol–water partition coefficient (Wildman–Crippen LogP) is 5.18. The van der Waals surface area contributed by atoms with E-state index < -0.39 is 0 Å². The Labute approximate surface area is 156 Å². The molecule has 0 saturated carbocycles. The lowest BCUT2D eigenvalue weighted by atomic mass is 9.87. The molecule has 2 aromatic carbocycles. The molecule has 0 aliphatic carbocycles. The summed E-state index contributed by atoms with van der Waals surface area (Å²) < 4.78 is 11.2. The number of nitrogens with one attached hydrogen (secondary N) is 1. The molecular weight excluding hydrogens is 326 g/mol. The smallest absolute Gasteiger partial charge is 0.262 e. The van der Waals surface area contributed by atoms with E-state index in [1.165, 1.54) is 5.56 Å². The van der Waals surface area contributed by atoms with Crippen molar-refractivity contribution in [2.45, 2.75) is 46.0 Å². The highest BCUT2D eigenvalue weighted by Gasteiger charge is 2.13. The molecule has 26 heavy (non-hydrogen) atoms. The van der Waals surface area contributed by atoms with Crippen molar-refractivity contribution in [1.29, 1.82) is 0 Å². The number of carbonyl (C=O) groups is 1. The zero-order valence-electron chi connectivity index (χ0n) is 16.2. The molecule has 0 aliphatic heterocycles. The van der Waals surface area contributed by atoms with Gasteiger partial charge in [-0.2, -0.15) is 0 Å². The van der Waals surface area contributed by atoms with E-state index in [0.29, 0.717) is 18.0 Å². The molecule has 0 saturated heterocycles. The first-order valence-electron chi connectivity index (χ1n) is 9.14. The van der Waals surface area contributed by atoms with Crippen LogP contribution in [-0.2, 0) is 10.2 Å². The first-order chi connectivity index (χ1) is 12.4. The summed E-state index contributed by atoms with van der Waals surface area (Å²) in [6.07, 6.45) is 2.10. The standard InChI is InChI=1S/C22H29NO3/c1-5-6-14-25-20-9-7-8-18(15-20)23-21(24)16-26-19-12-10-17(11-13-19)22(2,3)4/h7-13,15H,5-6,14,16H2,1-4H3,(H,23,24). The maximum atomic E-state index is 12.1. The number of rotatable bonds is 8. The molecule has 0 aliphatic rings. The number of anilines is 1. The topological polar surface area (TPSA) is 47.6 Å². The van der Waals surface area contributed by atoms with Gasteiger partial charge in [0.2, 0.25) is 0 Å². The molecule has 0 bridgehead atoms. The molecule has 1 N–H and O–H groups in total. The third-order valence-electron chi connectivity index (χ3n) is 3.97. The normalized spacial score (nSPS) is 11.1. The number of unbranched alkanes of at least 4 members (excludes halogenated alkanes) is 1. The monoisotopic (exact) mass is 355 g/mol. The average molecular weight is 355 g/mol. The van der Waals surface area contributed by atoms with Crippen molar-refractivity contribution in [1.82, 2.24) is 0 Å². The summed E-state index contributed by atoms with van der Waals surface area (Å²) in [4.78, 5) is 12.1. The molecule has 1 amide bonds. The van der Waals surface area contributed by atoms with Crippen LogP contribution in [0.25, 0.3) is 0 Å². The first-order valence-corrected chi connectivity index (χ1v) is 9.14. The number of hydrogen-bond acceptors (Lipinski definition) is 3. The van der Waals surface area contributed by atoms with Crippen molar-refractivity contribution in [3.63, 3.8) is 0 Å². The zero-order valence-corrected chi connectivity index (χ0v) is 16.2. The fourth-order valence-corrected chi connectivity index (χ4v) is 2.40. The molecule has 0 radical (unpaired) electrons. The summed E-state index contributed by atoms with van der Waals surface area (Å²) in [5.74, 6) is 1.25. The summed E-state index contributed by atoms with van der Waals surface area (Å²) >= 11 is 0. The number of hydrogen-bond donors (Lipinski definition) is 1. The molecule has 0 unspecified atom stereocenters. The Bertz CT molecular complexity index is 702. The third kappa shape index (κ3) is 6.43. The van der Waals surface area contributed by atoms with Crippen molar-refractivity contribution in [3.8, 4) is 11.5 Å². The van der Waals surface area contributed by atoms with Gasteiger partial charge in [0, 0.05) is 11.8 Å². The van der Waals surface area contributed by atoms with Crippen LogP contribution >= 0.6 is 0 Å². The van der Waals surface area contributed by atoms with Gasteiger partial charge in [0.15, 0.2) is 6.61 Å². The highest BCUT2D eigenvalue weighted by Crippen LogP contribution is 2.24. The fraction of sp³-hybridized carbons (Fsp3) is 0.409. The van der Waals surface area contributed by atoms with Gasteiger partial charge in [0.1, 0.15) is 11.5 Å². The largest absolute Gasteiger partial charge is 0.494 e. The minimum atomic E-state index is -0.199. The molecule has 2 aromatic rings. The van der Waals surface area contributed by atoms with Crippen LogP contribution < -0.4 is 14.8 Å². The van der Waals surface area contributed by atoms with Gasteiger partial charge in [-0.25, -0.2) is 0 Å². The van der Waals surface area contributed by atoms with E-state index in [2.05, 4.69) is 33.0 Å². The van der Waals surface area contributed by atoms with Gasteiger partial charge in [0.25, 0.3) is 5.91 Å². The second kappa shape index (κ2) is 9.27. The van der Waals surface area contributed by atoms with Crippen molar-refractivity contribution < 1.29 is 14.3 Å². The maximum Gasteiger partial charge on any atom is 0.262 e. The van der Waals surface area contributed by atoms with Crippen molar-refractivity contribution in [2.24, 2.45) is 0 Å². The number of benzene rings is 2. The zero-order chi connectivity index (χ0) is 19.0. The molecule has 0 spiro atoms. The molecule has 4 heteroatoms. The summed E-state index contributed by atoms with van der Waals surface area (Å²) in [5, 5.41) is 2.83. The molecule has 0 atom stereocenters. The minimum absolute atomic E-state index is 0.0320. The molecule has 0 heterocycles. The van der Waals surface area contributed by atoms with Crippen molar-refractivity contribution in [2.75, 3.05) is 18.5 Å². The lowest BCUT2D eigenvalue weighted by molar-refractivity contribution is -0.118. The third-order valence-corrected chi connectivity index (χ3v) is 3.97. The van der Waals surface area contributed by atoms with Gasteiger partial charge in [-0.1, -0.05) is 52.3 Å². The minimum Gasteiger partial charge on any atom is -0.494 e. The molecule has 140 valence electrons. The van der Waals surface area contributed by atoms with E-state index >= 15 is 0 Å². The van der Waals surface area contributed by atoms with Crippen LogP contribution in [0.3, 0.4) is 0 Å². The fourth-order valence-electron chi connectivity index (χ4n) is 2.40. The molecule has 0 aromatic heterocycles. The van der Waals surface area contributed by atoms with Crippen LogP contribution in [0.2, 0.25) is 0 Å². The summed E-state index contributed by atoms with van der Waals surface area (Å²) in [6, 6.07) is 15.3. The van der Waals surface area contributed by atoms with Gasteiger partial charge in [-0.15, -0.1) is 0 Å². The maximum absolute atomic E-state index is 12.1. The quantitative estimate of drug-likeness (QED) is 0.664. The second-order valence-corrected chi connectivity index (χ2v) is 7.34. The van der Waals surface area contributed by atoms with Gasteiger partial charge in [-0.05, 0) is 41.7 Å². The Kier molecular flexibility index (Phi) is 7.07. The summed E-state index contributed by atoms with van der Waals surface area (Å²) in [5.41, 5.74) is 2.03. The van der Waals surface area contributed by atoms with Crippen molar-refractivity contribution in [3.05, 3.63) is 54.1 Å². The van der Waals surface area contributed by atoms with Crippen LogP contribution in [0, 0.1) is 0 Å². The Hall–Kier alpha value is -2.49. The summed E-state index contributed by atoms with van der Waals surface area (Å²) in [7, 11) is 0. The Balaban J connectivity index is 1.84. The number of ether oxygens (including phenoxy) is 2. The second-order valence-electron chi connectivity index (χ2n) is 7.34. The van der Waals surface area contributed by atoms with Crippen LogP contribution in [0.1, 0.15) is 46.1 Å². The highest BCUT2D eigenvalue weighted by atomic mass is 16.5. The first kappa shape index (κ1) is 19.8. The highest BCUT2D eigenvalue weighted by molar-refractivity contribution is 5.92. The Morgan fingerprint density at radius 3 is 2.38 bits per heavy atom. The van der Waals surface area contributed by atoms with Crippen LogP contribution in [-0.4, -0.2) is 19.1 Å². The average Bonchev–Trinajstić information content (AvgIpc) is 2.60. The number of carbonyl (C=O) groups excluding carboxylic acids is 1. The van der Waals surface area contributed by atoms with Crippen molar-refractivity contribution >= 4 is 11.6 Å². The number of amides is 1. The lowest BCUT2D eigenvalue weighted by Gasteiger charge is -2.19. The molecule has 4 nitrogen and oxygen atoms in total. The van der Waals surface area contributed by atoms with Gasteiger partial charge < -0.3 is 14.8 Å². The van der Waals surface area contributed by atoms with Gasteiger partial charge in [0.05, 0.1) is 6.61 Å². The van der Waals surface area contributed by atoms with Crippen LogP contribution in [0.4, 0.5) is 5.69 Å². The van der Waals surface area contributed by atoms with E-state index in [1.807, 2.05) is 48.5 Å². The van der Waals surface area contributed by atoms with E-state index in [0.717, 1.165) is 18.6 Å². The predicted molar refractivity (Wildman–Crippen MR) is 106 cm³/mol. The van der Waals surface area contributed by atoms with Crippen LogP contribution in [0.15, 0.2) is 48.5 Å². The summed E-state index contributed by atoms with van der Waals surface area (Å²) in [6.45, 7) is 9.26. The SMILES string of the molecule is CCCCOc1cccc(NC(=O)COc2ccc(C(C)(C)C)cc2)c1. The molecule has 2 rings (SSSR count). The van der Waals surface area contributed by atoms with Gasteiger partial charge in [-0.3, -0.25) is 4.79 Å². The van der Waals surface area contributed by atoms with E-state index in [9.17, 15) is 4.79 Å². The van der Waals surface area contributed by atoms with E-state index in [4.69, 9.17) is 9.47 Å². The molecular formula is C22H29NO3.